The standard InChI is InChI=1S/C12H24N2O4/c1-4-9(5-2)8-13-12(17)14-10(11(15)16)6-7-18-3/h9-10H,4-8H2,1-3H3,(H,15,16)(H2,13,14,17). The molecule has 1 atom stereocenters. The van der Waals surface area contributed by atoms with E-state index in [9.17, 15) is 9.59 Å². The van der Waals surface area contributed by atoms with Crippen LogP contribution in [0.5, 0.6) is 0 Å². The summed E-state index contributed by atoms with van der Waals surface area (Å²) in [6.07, 6.45) is 2.23. The highest BCUT2D eigenvalue weighted by Gasteiger charge is 2.19. The topological polar surface area (TPSA) is 87.7 Å². The lowest BCUT2D eigenvalue weighted by molar-refractivity contribution is -0.139. The van der Waals surface area contributed by atoms with Gasteiger partial charge in [-0.3, -0.25) is 0 Å². The molecular formula is C12H24N2O4. The lowest BCUT2D eigenvalue weighted by Crippen LogP contribution is -2.47. The Balaban J connectivity index is 4.05. The Labute approximate surface area is 108 Å². The molecule has 6 nitrogen and oxygen atoms in total. The first kappa shape index (κ1) is 16.7. The second kappa shape index (κ2) is 9.70. The van der Waals surface area contributed by atoms with Crippen molar-refractivity contribution in [3.63, 3.8) is 0 Å². The summed E-state index contributed by atoms with van der Waals surface area (Å²) in [6.45, 7) is 4.98. The summed E-state index contributed by atoms with van der Waals surface area (Å²) in [5.41, 5.74) is 0. The number of rotatable bonds is 9. The van der Waals surface area contributed by atoms with Crippen LogP contribution < -0.4 is 10.6 Å². The summed E-state index contributed by atoms with van der Waals surface area (Å²) in [6, 6.07) is -1.35. The molecule has 0 fully saturated rings. The van der Waals surface area contributed by atoms with E-state index in [-0.39, 0.29) is 6.42 Å². The Morgan fingerprint density at radius 2 is 1.89 bits per heavy atom. The van der Waals surface area contributed by atoms with Crippen LogP contribution in [0.2, 0.25) is 0 Å². The number of methoxy groups -OCH3 is 1. The molecule has 0 saturated heterocycles. The van der Waals surface area contributed by atoms with E-state index in [0.29, 0.717) is 19.1 Å². The number of hydrogen-bond donors (Lipinski definition) is 3. The maximum atomic E-state index is 11.5. The van der Waals surface area contributed by atoms with E-state index in [4.69, 9.17) is 9.84 Å². The highest BCUT2D eigenvalue weighted by Crippen LogP contribution is 2.04. The molecule has 6 heteroatoms. The van der Waals surface area contributed by atoms with Crippen LogP contribution in [0.25, 0.3) is 0 Å². The molecule has 0 aliphatic carbocycles. The van der Waals surface area contributed by atoms with Gasteiger partial charge < -0.3 is 20.5 Å². The van der Waals surface area contributed by atoms with Crippen molar-refractivity contribution in [2.24, 2.45) is 5.92 Å². The Hall–Kier alpha value is -1.30. The van der Waals surface area contributed by atoms with Gasteiger partial charge in [-0.15, -0.1) is 0 Å². The summed E-state index contributed by atoms with van der Waals surface area (Å²) in [5.74, 6) is -0.622. The van der Waals surface area contributed by atoms with Gasteiger partial charge >= 0.3 is 12.0 Å². The molecule has 0 heterocycles. The van der Waals surface area contributed by atoms with Crippen molar-refractivity contribution in [2.75, 3.05) is 20.3 Å². The minimum atomic E-state index is -1.05. The molecule has 2 amide bonds. The lowest BCUT2D eigenvalue weighted by Gasteiger charge is -2.17. The van der Waals surface area contributed by atoms with Gasteiger partial charge in [0.25, 0.3) is 0 Å². The van der Waals surface area contributed by atoms with Gasteiger partial charge in [0, 0.05) is 26.7 Å². The van der Waals surface area contributed by atoms with Crippen LogP contribution in [0.1, 0.15) is 33.1 Å². The molecule has 3 N–H and O–H groups in total. The molecule has 0 rings (SSSR count). The maximum absolute atomic E-state index is 11.5. The number of nitrogens with one attached hydrogen (secondary N) is 2. The molecule has 0 aromatic rings. The molecule has 18 heavy (non-hydrogen) atoms. The summed E-state index contributed by atoms with van der Waals surface area (Å²) < 4.78 is 4.80. The minimum absolute atomic E-state index is 0.254. The Kier molecular flexibility index (Phi) is 9.00. The second-order valence-electron chi connectivity index (χ2n) is 4.21. The molecule has 106 valence electrons. The van der Waals surface area contributed by atoms with Crippen LogP contribution in [0, 0.1) is 5.92 Å². The average Bonchev–Trinajstić information content (AvgIpc) is 2.35. The van der Waals surface area contributed by atoms with Crippen molar-refractivity contribution in [3.05, 3.63) is 0 Å². The number of ether oxygens (including phenoxy) is 1. The Bertz CT molecular complexity index is 254. The zero-order valence-corrected chi connectivity index (χ0v) is 11.4. The second-order valence-corrected chi connectivity index (χ2v) is 4.21. The highest BCUT2D eigenvalue weighted by atomic mass is 16.5. The molecule has 0 bridgehead atoms. The first-order valence-electron chi connectivity index (χ1n) is 6.31. The maximum Gasteiger partial charge on any atom is 0.326 e. The van der Waals surface area contributed by atoms with E-state index in [1.165, 1.54) is 7.11 Å². The smallest absolute Gasteiger partial charge is 0.326 e. The van der Waals surface area contributed by atoms with E-state index in [1.807, 2.05) is 0 Å². The van der Waals surface area contributed by atoms with Gasteiger partial charge in [-0.1, -0.05) is 26.7 Å². The van der Waals surface area contributed by atoms with Gasteiger partial charge in [0.05, 0.1) is 0 Å². The summed E-state index contributed by atoms with van der Waals surface area (Å²) >= 11 is 0. The monoisotopic (exact) mass is 260 g/mol. The van der Waals surface area contributed by atoms with Crippen LogP contribution in [0.4, 0.5) is 4.79 Å². The summed E-state index contributed by atoms with van der Waals surface area (Å²) in [5, 5.41) is 14.0. The number of carboxylic acids is 1. The summed E-state index contributed by atoms with van der Waals surface area (Å²) in [4.78, 5) is 22.4. The number of amides is 2. The molecule has 0 spiro atoms. The van der Waals surface area contributed by atoms with Gasteiger partial charge in [0.15, 0.2) is 0 Å². The van der Waals surface area contributed by atoms with Crippen LogP contribution >= 0.6 is 0 Å². The molecule has 0 aromatic heterocycles. The predicted molar refractivity (Wildman–Crippen MR) is 68.5 cm³/mol. The number of carboxylic acid groups (broad SMARTS) is 1. The average molecular weight is 260 g/mol. The molecule has 1 unspecified atom stereocenters. The van der Waals surface area contributed by atoms with Gasteiger partial charge in [-0.05, 0) is 5.92 Å². The van der Waals surface area contributed by atoms with E-state index in [2.05, 4.69) is 24.5 Å². The molecular weight excluding hydrogens is 236 g/mol. The van der Waals surface area contributed by atoms with Crippen molar-refractivity contribution in [2.45, 2.75) is 39.2 Å². The van der Waals surface area contributed by atoms with Crippen molar-refractivity contribution >= 4 is 12.0 Å². The number of carbonyl (C=O) groups excluding carboxylic acids is 1. The fraction of sp³-hybridized carbons (Fsp3) is 0.833. The van der Waals surface area contributed by atoms with Crippen LogP contribution in [0.15, 0.2) is 0 Å². The van der Waals surface area contributed by atoms with Gasteiger partial charge in [-0.2, -0.15) is 0 Å². The first-order chi connectivity index (χ1) is 8.54. The van der Waals surface area contributed by atoms with Crippen molar-refractivity contribution in [1.29, 1.82) is 0 Å². The first-order valence-corrected chi connectivity index (χ1v) is 6.31. The quantitative estimate of drug-likeness (QED) is 0.581. The van der Waals surface area contributed by atoms with E-state index in [1.54, 1.807) is 0 Å². The fourth-order valence-corrected chi connectivity index (χ4v) is 1.52. The van der Waals surface area contributed by atoms with E-state index >= 15 is 0 Å². The van der Waals surface area contributed by atoms with Crippen molar-refractivity contribution in [1.82, 2.24) is 10.6 Å². The Morgan fingerprint density at radius 3 is 2.33 bits per heavy atom. The van der Waals surface area contributed by atoms with Crippen molar-refractivity contribution < 1.29 is 19.4 Å². The number of hydrogen-bond acceptors (Lipinski definition) is 3. The third-order valence-electron chi connectivity index (χ3n) is 2.92. The normalized spacial score (nSPS) is 12.2. The molecule has 0 aliphatic heterocycles. The predicted octanol–water partition coefficient (Wildman–Crippen LogP) is 1.21. The van der Waals surface area contributed by atoms with E-state index < -0.39 is 18.0 Å². The van der Waals surface area contributed by atoms with Crippen molar-refractivity contribution in [3.8, 4) is 0 Å². The SMILES string of the molecule is CCC(CC)CNC(=O)NC(CCOC)C(=O)O. The van der Waals surface area contributed by atoms with Crippen LogP contribution in [-0.2, 0) is 9.53 Å². The molecule has 0 aromatic carbocycles. The molecule has 0 radical (unpaired) electrons. The third kappa shape index (κ3) is 7.11. The summed E-state index contributed by atoms with van der Waals surface area (Å²) in [7, 11) is 1.49. The van der Waals surface area contributed by atoms with E-state index in [0.717, 1.165) is 12.8 Å². The molecule has 0 saturated carbocycles. The number of urea groups is 1. The zero-order chi connectivity index (χ0) is 14.0. The third-order valence-corrected chi connectivity index (χ3v) is 2.92. The van der Waals surface area contributed by atoms with Gasteiger partial charge in [-0.25, -0.2) is 9.59 Å². The highest BCUT2D eigenvalue weighted by molar-refractivity contribution is 5.82. The minimum Gasteiger partial charge on any atom is -0.480 e. The number of aliphatic carboxylic acids is 1. The largest absolute Gasteiger partial charge is 0.480 e. The van der Waals surface area contributed by atoms with Gasteiger partial charge in [0.2, 0.25) is 0 Å². The fourth-order valence-electron chi connectivity index (χ4n) is 1.52. The van der Waals surface area contributed by atoms with Gasteiger partial charge in [0.1, 0.15) is 6.04 Å². The Morgan fingerprint density at radius 1 is 1.28 bits per heavy atom. The van der Waals surface area contributed by atoms with Crippen LogP contribution in [0.3, 0.4) is 0 Å². The number of carbonyl (C=O) groups is 2. The lowest BCUT2D eigenvalue weighted by atomic mass is 10.0. The molecule has 0 aliphatic rings. The zero-order valence-electron chi connectivity index (χ0n) is 11.4. The van der Waals surface area contributed by atoms with Crippen LogP contribution in [-0.4, -0.2) is 43.4 Å².